The third-order valence-corrected chi connectivity index (χ3v) is 4.22. The van der Waals surface area contributed by atoms with Crippen molar-refractivity contribution >= 4 is 11.8 Å². The zero-order valence-electron chi connectivity index (χ0n) is 13.6. The lowest BCUT2D eigenvalue weighted by Crippen LogP contribution is -2.26. The van der Waals surface area contributed by atoms with E-state index in [1.165, 1.54) is 0 Å². The number of carbonyl (C=O) groups excluding carboxylic acids is 2. The number of Topliss-reactive ketones (excluding diaryl/α,β-unsaturated/α-hetero) is 1. The molecule has 0 amide bonds. The van der Waals surface area contributed by atoms with E-state index in [-0.39, 0.29) is 30.0 Å². The van der Waals surface area contributed by atoms with Gasteiger partial charge < -0.3 is 4.74 Å². The van der Waals surface area contributed by atoms with Crippen molar-refractivity contribution in [2.75, 3.05) is 0 Å². The van der Waals surface area contributed by atoms with E-state index in [4.69, 9.17) is 10.00 Å². The van der Waals surface area contributed by atoms with Gasteiger partial charge in [-0.05, 0) is 58.3 Å². The summed E-state index contributed by atoms with van der Waals surface area (Å²) < 4.78 is 5.39. The van der Waals surface area contributed by atoms with Crippen LogP contribution in [0, 0.1) is 29.1 Å². The van der Waals surface area contributed by atoms with E-state index in [0.717, 1.165) is 25.7 Å². The zero-order valence-corrected chi connectivity index (χ0v) is 13.6. The maximum absolute atomic E-state index is 12.0. The molecule has 1 saturated carbocycles. The first kappa shape index (κ1) is 17.7. The molecule has 0 saturated heterocycles. The van der Waals surface area contributed by atoms with Crippen molar-refractivity contribution in [3.63, 3.8) is 0 Å². The van der Waals surface area contributed by atoms with Gasteiger partial charge in [-0.2, -0.15) is 5.26 Å². The number of rotatable bonds is 4. The molecule has 1 aliphatic carbocycles. The van der Waals surface area contributed by atoms with E-state index in [9.17, 15) is 9.59 Å². The van der Waals surface area contributed by atoms with Crippen LogP contribution in [-0.2, 0) is 14.3 Å². The number of nitriles is 1. The molecule has 1 rings (SSSR count). The summed E-state index contributed by atoms with van der Waals surface area (Å²) >= 11 is 0. The molecule has 0 radical (unpaired) electrons. The van der Waals surface area contributed by atoms with Gasteiger partial charge in [-0.15, -0.1) is 0 Å². The second-order valence-corrected chi connectivity index (χ2v) is 7.18. The van der Waals surface area contributed by atoms with Crippen molar-refractivity contribution < 1.29 is 14.3 Å². The van der Waals surface area contributed by atoms with Gasteiger partial charge >= 0.3 is 5.97 Å². The third kappa shape index (κ3) is 6.29. The Morgan fingerprint density at radius 3 is 2.38 bits per heavy atom. The molecule has 3 unspecified atom stereocenters. The lowest BCUT2D eigenvalue weighted by Gasteiger charge is -2.24. The Bertz CT molecular complexity index is 417. The number of ketones is 1. The molecule has 0 aromatic carbocycles. The highest BCUT2D eigenvalue weighted by atomic mass is 16.6. The summed E-state index contributed by atoms with van der Waals surface area (Å²) in [5.74, 6) is 0.594. The molecule has 0 aliphatic heterocycles. The summed E-state index contributed by atoms with van der Waals surface area (Å²) in [5, 5.41) is 8.64. The monoisotopic (exact) mass is 293 g/mol. The maximum atomic E-state index is 12.0. The Balaban J connectivity index is 2.56. The van der Waals surface area contributed by atoms with Gasteiger partial charge in [-0.1, -0.05) is 6.92 Å². The molecule has 0 N–H and O–H groups in total. The largest absolute Gasteiger partial charge is 0.460 e. The number of esters is 1. The van der Waals surface area contributed by atoms with Crippen molar-refractivity contribution in [1.29, 1.82) is 5.26 Å². The summed E-state index contributed by atoms with van der Waals surface area (Å²) in [7, 11) is 0. The van der Waals surface area contributed by atoms with Crippen LogP contribution in [-0.4, -0.2) is 17.4 Å². The summed E-state index contributed by atoms with van der Waals surface area (Å²) in [6.45, 7) is 7.76. The van der Waals surface area contributed by atoms with Crippen LogP contribution < -0.4 is 0 Å². The van der Waals surface area contributed by atoms with Gasteiger partial charge in [-0.25, -0.2) is 0 Å². The quantitative estimate of drug-likeness (QED) is 0.586. The standard InChI is InChI=1S/C17H27NO3/c1-12-5-6-13(15(19)9-10-18)7-8-14(12)11-16(20)21-17(2,3)4/h12-14H,5-9,11H2,1-4H3. The van der Waals surface area contributed by atoms with E-state index in [1.807, 2.05) is 26.8 Å². The fraction of sp³-hybridized carbons (Fsp3) is 0.824. The normalized spacial score (nSPS) is 26.5. The molecular formula is C17H27NO3. The van der Waals surface area contributed by atoms with Crippen LogP contribution in [0.3, 0.4) is 0 Å². The second kappa shape index (κ2) is 7.59. The molecule has 0 bridgehead atoms. The van der Waals surface area contributed by atoms with Gasteiger partial charge in [0.25, 0.3) is 0 Å². The van der Waals surface area contributed by atoms with E-state index < -0.39 is 5.60 Å². The second-order valence-electron chi connectivity index (χ2n) is 7.18. The molecule has 21 heavy (non-hydrogen) atoms. The molecule has 0 heterocycles. The van der Waals surface area contributed by atoms with E-state index >= 15 is 0 Å². The lowest BCUT2D eigenvalue weighted by atomic mass is 9.87. The average Bonchev–Trinajstić information content (AvgIpc) is 2.51. The van der Waals surface area contributed by atoms with Crippen LogP contribution in [0.25, 0.3) is 0 Å². The highest BCUT2D eigenvalue weighted by Crippen LogP contribution is 2.34. The van der Waals surface area contributed by atoms with Crippen molar-refractivity contribution in [1.82, 2.24) is 0 Å². The third-order valence-electron chi connectivity index (χ3n) is 4.22. The highest BCUT2D eigenvalue weighted by Gasteiger charge is 2.30. The van der Waals surface area contributed by atoms with E-state index in [0.29, 0.717) is 12.3 Å². The van der Waals surface area contributed by atoms with Crippen LogP contribution in [0.5, 0.6) is 0 Å². The smallest absolute Gasteiger partial charge is 0.306 e. The van der Waals surface area contributed by atoms with Gasteiger partial charge in [0.1, 0.15) is 11.4 Å². The Labute approximate surface area is 127 Å². The van der Waals surface area contributed by atoms with E-state index in [1.54, 1.807) is 0 Å². The molecule has 4 nitrogen and oxygen atoms in total. The molecule has 0 aromatic rings. The Kier molecular flexibility index (Phi) is 6.39. The fourth-order valence-corrected chi connectivity index (χ4v) is 2.99. The predicted octanol–water partition coefficient (Wildman–Crippen LogP) is 3.64. The van der Waals surface area contributed by atoms with Crippen LogP contribution in [0.15, 0.2) is 0 Å². The van der Waals surface area contributed by atoms with Gasteiger partial charge in [0.2, 0.25) is 0 Å². The van der Waals surface area contributed by atoms with Gasteiger partial charge in [0.05, 0.1) is 12.5 Å². The van der Waals surface area contributed by atoms with Crippen molar-refractivity contribution in [3.05, 3.63) is 0 Å². The molecule has 1 fully saturated rings. The number of nitrogens with zero attached hydrogens (tertiary/aromatic N) is 1. The topological polar surface area (TPSA) is 67.2 Å². The molecule has 0 aromatic heterocycles. The zero-order chi connectivity index (χ0) is 16.0. The first-order valence-corrected chi connectivity index (χ1v) is 7.84. The number of hydrogen-bond acceptors (Lipinski definition) is 4. The van der Waals surface area contributed by atoms with Gasteiger partial charge in [-0.3, -0.25) is 9.59 Å². The Hall–Kier alpha value is -1.37. The van der Waals surface area contributed by atoms with Crippen LogP contribution >= 0.6 is 0 Å². The summed E-state index contributed by atoms with van der Waals surface area (Å²) in [4.78, 5) is 23.8. The maximum Gasteiger partial charge on any atom is 0.306 e. The van der Waals surface area contributed by atoms with Gasteiger partial charge in [0, 0.05) is 12.3 Å². The highest BCUT2D eigenvalue weighted by molar-refractivity contribution is 5.82. The van der Waals surface area contributed by atoms with Crippen molar-refractivity contribution in [2.45, 2.75) is 71.8 Å². The van der Waals surface area contributed by atoms with E-state index in [2.05, 4.69) is 6.92 Å². The molecular weight excluding hydrogens is 266 g/mol. The molecule has 4 heteroatoms. The van der Waals surface area contributed by atoms with Crippen LogP contribution in [0.2, 0.25) is 0 Å². The first-order chi connectivity index (χ1) is 9.73. The lowest BCUT2D eigenvalue weighted by molar-refractivity contribution is -0.156. The molecule has 3 atom stereocenters. The minimum atomic E-state index is -0.448. The SMILES string of the molecule is CC1CCC(C(=O)CC#N)CCC1CC(=O)OC(C)(C)C. The number of hydrogen-bond donors (Lipinski definition) is 0. The van der Waals surface area contributed by atoms with Crippen molar-refractivity contribution in [3.8, 4) is 6.07 Å². The Morgan fingerprint density at radius 2 is 1.81 bits per heavy atom. The minimum absolute atomic E-state index is 0.00395. The predicted molar refractivity (Wildman–Crippen MR) is 80.3 cm³/mol. The minimum Gasteiger partial charge on any atom is -0.460 e. The number of ether oxygens (including phenoxy) is 1. The summed E-state index contributed by atoms with van der Waals surface area (Å²) in [6.07, 6.45) is 3.87. The summed E-state index contributed by atoms with van der Waals surface area (Å²) in [5.41, 5.74) is -0.448. The molecule has 0 spiro atoms. The average molecular weight is 293 g/mol. The first-order valence-electron chi connectivity index (χ1n) is 7.84. The molecule has 1 aliphatic rings. The summed E-state index contributed by atoms with van der Waals surface area (Å²) in [6, 6.07) is 1.94. The van der Waals surface area contributed by atoms with Crippen molar-refractivity contribution in [2.24, 2.45) is 17.8 Å². The van der Waals surface area contributed by atoms with Gasteiger partial charge in [0.15, 0.2) is 0 Å². The molecule has 118 valence electrons. The van der Waals surface area contributed by atoms with Crippen LogP contribution in [0.1, 0.15) is 66.2 Å². The Morgan fingerprint density at radius 1 is 1.19 bits per heavy atom. The number of carbonyl (C=O) groups is 2. The fourth-order valence-electron chi connectivity index (χ4n) is 2.99. The van der Waals surface area contributed by atoms with Crippen LogP contribution in [0.4, 0.5) is 0 Å².